The van der Waals surface area contributed by atoms with E-state index in [0.717, 1.165) is 24.7 Å². The van der Waals surface area contributed by atoms with Crippen molar-refractivity contribution in [1.29, 1.82) is 0 Å². The maximum atomic E-state index is 12.8. The number of hydrogen-bond donors (Lipinski definition) is 0. The van der Waals surface area contributed by atoms with Crippen LogP contribution in [0.15, 0.2) is 23.3 Å². The minimum absolute atomic E-state index is 0.152. The van der Waals surface area contributed by atoms with Gasteiger partial charge < -0.3 is 0 Å². The summed E-state index contributed by atoms with van der Waals surface area (Å²) in [5.74, 6) is 3.26. The number of fused-ring (bicyclic) bond motifs is 4. The van der Waals surface area contributed by atoms with E-state index >= 15 is 0 Å². The van der Waals surface area contributed by atoms with Crippen molar-refractivity contribution in [2.45, 2.75) is 113 Å². The van der Waals surface area contributed by atoms with Crippen LogP contribution in [0.2, 0.25) is 0 Å². The second-order valence-corrected chi connectivity index (χ2v) is 13.4. The van der Waals surface area contributed by atoms with Crippen molar-refractivity contribution < 1.29 is 4.79 Å². The Balaban J connectivity index is 1.67. The van der Waals surface area contributed by atoms with Crippen molar-refractivity contribution in [2.24, 2.45) is 45.3 Å². The highest BCUT2D eigenvalue weighted by molar-refractivity contribution is 5.85. The molecule has 0 radical (unpaired) electrons. The first-order valence-electron chi connectivity index (χ1n) is 13.3. The second kappa shape index (κ2) is 7.59. The maximum Gasteiger partial charge on any atom is 0.138 e. The fourth-order valence-corrected chi connectivity index (χ4v) is 9.07. The molecule has 4 rings (SSSR count). The summed E-state index contributed by atoms with van der Waals surface area (Å²) in [5, 5.41) is 0. The van der Waals surface area contributed by atoms with E-state index in [1.807, 2.05) is 5.57 Å². The molecule has 6 unspecified atom stereocenters. The minimum atomic E-state index is -0.152. The Bertz CT molecular complexity index is 797. The molecular weight excluding hydrogens is 376 g/mol. The summed E-state index contributed by atoms with van der Waals surface area (Å²) in [5.41, 5.74) is 4.50. The Morgan fingerprint density at radius 2 is 1.61 bits per heavy atom. The molecule has 0 heterocycles. The molecule has 6 atom stereocenters. The Hall–Kier alpha value is -0.850. The first kappa shape index (κ1) is 23.3. The van der Waals surface area contributed by atoms with Gasteiger partial charge in [0.05, 0.1) is 0 Å². The molecule has 0 bridgehead atoms. The van der Waals surface area contributed by atoms with Gasteiger partial charge in [0.15, 0.2) is 0 Å². The lowest BCUT2D eigenvalue weighted by Gasteiger charge is -2.60. The van der Waals surface area contributed by atoms with Crippen molar-refractivity contribution >= 4 is 5.78 Å². The molecule has 0 aromatic carbocycles. The van der Waals surface area contributed by atoms with Crippen molar-refractivity contribution in [3.63, 3.8) is 0 Å². The third kappa shape index (κ3) is 3.26. The van der Waals surface area contributed by atoms with Gasteiger partial charge >= 0.3 is 0 Å². The van der Waals surface area contributed by atoms with Gasteiger partial charge in [-0.05, 0) is 91.3 Å². The van der Waals surface area contributed by atoms with Gasteiger partial charge in [0.1, 0.15) is 5.78 Å². The van der Waals surface area contributed by atoms with Crippen LogP contribution in [0.25, 0.3) is 0 Å². The summed E-state index contributed by atoms with van der Waals surface area (Å²) in [6, 6.07) is 0. The lowest BCUT2D eigenvalue weighted by molar-refractivity contribution is -0.139. The fraction of sp³-hybridized carbons (Fsp3) is 0.833. The van der Waals surface area contributed by atoms with E-state index in [1.54, 1.807) is 5.57 Å². The Morgan fingerprint density at radius 3 is 2.29 bits per heavy atom. The number of carbonyl (C=O) groups excluding carboxylic acids is 1. The largest absolute Gasteiger partial charge is 0.299 e. The SMILES string of the molecule is CC(C)CC=CC(C)C1CCC2(C)C3=C(CCC12C)C1(C)CCC(=O)C(C)(C)C1CC3. The standard InChI is InChI=1S/C30H48O/c1-20(2)10-9-11-21(3)22-14-18-30(8)24-12-13-25-27(4,5)26(31)16-17-28(25,6)23(24)15-19-29(22,30)7/h9,11,20-22,25H,10,12-19H2,1-8H3. The van der Waals surface area contributed by atoms with Gasteiger partial charge in [0.2, 0.25) is 0 Å². The number of rotatable bonds is 4. The van der Waals surface area contributed by atoms with Gasteiger partial charge in [-0.25, -0.2) is 0 Å². The molecule has 0 amide bonds. The number of allylic oxidation sites excluding steroid dienone is 4. The molecule has 1 nitrogen and oxygen atoms in total. The van der Waals surface area contributed by atoms with Crippen LogP contribution in [-0.2, 0) is 4.79 Å². The fourth-order valence-electron chi connectivity index (χ4n) is 9.07. The van der Waals surface area contributed by atoms with E-state index in [2.05, 4.69) is 67.5 Å². The number of hydrogen-bond acceptors (Lipinski definition) is 1. The van der Waals surface area contributed by atoms with E-state index in [-0.39, 0.29) is 10.8 Å². The molecule has 4 aliphatic carbocycles. The second-order valence-electron chi connectivity index (χ2n) is 13.4. The molecule has 2 fully saturated rings. The van der Waals surface area contributed by atoms with Crippen LogP contribution in [0.5, 0.6) is 0 Å². The number of Topliss-reactive ketones (excluding diaryl/α,β-unsaturated/α-hetero) is 1. The van der Waals surface area contributed by atoms with E-state index < -0.39 is 0 Å². The van der Waals surface area contributed by atoms with Crippen LogP contribution >= 0.6 is 0 Å². The highest BCUT2D eigenvalue weighted by Crippen LogP contribution is 2.72. The van der Waals surface area contributed by atoms with Gasteiger partial charge in [-0.3, -0.25) is 4.79 Å². The average molecular weight is 425 g/mol. The Labute approximate surface area is 192 Å². The van der Waals surface area contributed by atoms with Gasteiger partial charge in [0.25, 0.3) is 0 Å². The summed E-state index contributed by atoms with van der Waals surface area (Å²) in [7, 11) is 0. The summed E-state index contributed by atoms with van der Waals surface area (Å²) < 4.78 is 0. The molecule has 1 heteroatoms. The third-order valence-electron chi connectivity index (χ3n) is 11.2. The maximum absolute atomic E-state index is 12.8. The van der Waals surface area contributed by atoms with Gasteiger partial charge in [0, 0.05) is 11.8 Å². The average Bonchev–Trinajstić information content (AvgIpc) is 2.96. The third-order valence-corrected chi connectivity index (χ3v) is 11.2. The highest BCUT2D eigenvalue weighted by atomic mass is 16.1. The number of carbonyl (C=O) groups is 1. The van der Waals surface area contributed by atoms with Crippen LogP contribution in [-0.4, -0.2) is 5.78 Å². The van der Waals surface area contributed by atoms with Crippen LogP contribution in [0.1, 0.15) is 113 Å². The van der Waals surface area contributed by atoms with Crippen LogP contribution in [0.3, 0.4) is 0 Å². The first-order chi connectivity index (χ1) is 14.4. The summed E-state index contributed by atoms with van der Waals surface area (Å²) in [6.07, 6.45) is 15.9. The quantitative estimate of drug-likeness (QED) is 0.413. The molecule has 0 aliphatic heterocycles. The molecule has 4 aliphatic rings. The van der Waals surface area contributed by atoms with Crippen molar-refractivity contribution in [3.05, 3.63) is 23.3 Å². The molecular formula is C30H48O. The topological polar surface area (TPSA) is 17.1 Å². The molecule has 0 aromatic rings. The van der Waals surface area contributed by atoms with E-state index in [1.165, 1.54) is 44.9 Å². The van der Waals surface area contributed by atoms with Gasteiger partial charge in [-0.1, -0.05) is 78.7 Å². The molecule has 31 heavy (non-hydrogen) atoms. The highest BCUT2D eigenvalue weighted by Gasteiger charge is 2.63. The number of ketones is 1. The minimum Gasteiger partial charge on any atom is -0.299 e. The van der Waals surface area contributed by atoms with Gasteiger partial charge in [-0.2, -0.15) is 0 Å². The molecule has 0 aromatic heterocycles. The molecule has 2 saturated carbocycles. The van der Waals surface area contributed by atoms with Crippen LogP contribution < -0.4 is 0 Å². The summed E-state index contributed by atoms with van der Waals surface area (Å²) in [6.45, 7) is 19.4. The Morgan fingerprint density at radius 1 is 0.903 bits per heavy atom. The summed E-state index contributed by atoms with van der Waals surface area (Å²) in [4.78, 5) is 12.8. The zero-order valence-corrected chi connectivity index (χ0v) is 21.7. The van der Waals surface area contributed by atoms with Crippen molar-refractivity contribution in [2.75, 3.05) is 0 Å². The predicted octanol–water partition coefficient (Wildman–Crippen LogP) is 8.54. The van der Waals surface area contributed by atoms with E-state index in [0.29, 0.717) is 28.4 Å². The first-order valence-corrected chi connectivity index (χ1v) is 13.3. The Kier molecular flexibility index (Phi) is 5.71. The lowest BCUT2D eigenvalue weighted by atomic mass is 9.43. The predicted molar refractivity (Wildman–Crippen MR) is 132 cm³/mol. The summed E-state index contributed by atoms with van der Waals surface area (Å²) >= 11 is 0. The monoisotopic (exact) mass is 424 g/mol. The lowest BCUT2D eigenvalue weighted by Crippen LogP contribution is -2.53. The van der Waals surface area contributed by atoms with E-state index in [9.17, 15) is 4.79 Å². The van der Waals surface area contributed by atoms with Gasteiger partial charge in [-0.15, -0.1) is 0 Å². The van der Waals surface area contributed by atoms with E-state index in [4.69, 9.17) is 0 Å². The molecule has 0 saturated heterocycles. The molecule has 0 N–H and O–H groups in total. The van der Waals surface area contributed by atoms with Crippen LogP contribution in [0.4, 0.5) is 0 Å². The smallest absolute Gasteiger partial charge is 0.138 e. The van der Waals surface area contributed by atoms with Crippen molar-refractivity contribution in [3.8, 4) is 0 Å². The molecule has 174 valence electrons. The van der Waals surface area contributed by atoms with Crippen molar-refractivity contribution in [1.82, 2.24) is 0 Å². The molecule has 0 spiro atoms. The zero-order chi connectivity index (χ0) is 22.8. The normalized spacial score (nSPS) is 43.2. The van der Waals surface area contributed by atoms with Crippen LogP contribution in [0, 0.1) is 45.3 Å². The zero-order valence-electron chi connectivity index (χ0n) is 21.7.